The quantitative estimate of drug-likeness (QED) is 0.503. The van der Waals surface area contributed by atoms with Gasteiger partial charge in [0, 0.05) is 43.1 Å². The molecule has 0 aliphatic carbocycles. The first-order valence-corrected chi connectivity index (χ1v) is 10.9. The third-order valence-corrected chi connectivity index (χ3v) is 6.76. The van der Waals surface area contributed by atoms with Crippen LogP contribution in [0.2, 0.25) is 0 Å². The fourth-order valence-electron chi connectivity index (χ4n) is 4.01. The number of carbonyl (C=O) groups excluding carboxylic acids is 1. The van der Waals surface area contributed by atoms with Crippen LogP contribution < -0.4 is 0 Å². The van der Waals surface area contributed by atoms with Crippen LogP contribution in [0.25, 0.3) is 16.0 Å². The van der Waals surface area contributed by atoms with E-state index >= 15 is 0 Å². The summed E-state index contributed by atoms with van der Waals surface area (Å²) in [5.41, 5.74) is 3.78. The maximum Gasteiger partial charge on any atom is 0.252 e. The maximum absolute atomic E-state index is 13.0. The van der Waals surface area contributed by atoms with Gasteiger partial charge in [-0.15, -0.1) is 11.3 Å². The lowest BCUT2D eigenvalue weighted by molar-refractivity contribution is -0.132. The molecule has 4 aromatic rings. The van der Waals surface area contributed by atoms with E-state index in [4.69, 9.17) is 4.98 Å². The molecule has 0 saturated carbocycles. The number of amides is 1. The van der Waals surface area contributed by atoms with E-state index in [1.165, 1.54) is 11.0 Å². The molecule has 1 aromatic carbocycles. The number of thiazole rings is 1. The molecule has 1 aliphatic rings. The molecule has 0 radical (unpaired) electrons. The Kier molecular flexibility index (Phi) is 4.92. The molecule has 1 saturated heterocycles. The van der Waals surface area contributed by atoms with E-state index in [0.29, 0.717) is 12.2 Å². The zero-order chi connectivity index (χ0) is 20.7. The summed E-state index contributed by atoms with van der Waals surface area (Å²) in [6.07, 6.45) is 1.84. The number of piperazine rings is 1. The van der Waals surface area contributed by atoms with Crippen molar-refractivity contribution < 1.29 is 4.79 Å². The number of hydrogen-bond donors (Lipinski definition) is 0. The van der Waals surface area contributed by atoms with Gasteiger partial charge in [-0.2, -0.15) is 10.1 Å². The predicted octanol–water partition coefficient (Wildman–Crippen LogP) is 2.24. The van der Waals surface area contributed by atoms with E-state index < -0.39 is 0 Å². The standard InChI is InChI=1S/C21H23N7OS/c1-14-16(15(2)28-21(24-14)22-13-23-28)11-20(29)27-9-7-26(8-10-27)12-19-25-17-5-3-4-6-18(17)30-19/h3-6,13H,7-12H2,1-2H3. The number of aromatic nitrogens is 5. The molecule has 1 aliphatic heterocycles. The lowest BCUT2D eigenvalue weighted by atomic mass is 10.1. The average molecular weight is 422 g/mol. The molecule has 1 amide bonds. The molecular formula is C21H23N7OS. The van der Waals surface area contributed by atoms with E-state index in [0.717, 1.165) is 60.2 Å². The summed E-state index contributed by atoms with van der Waals surface area (Å²) < 4.78 is 2.93. The highest BCUT2D eigenvalue weighted by Crippen LogP contribution is 2.23. The first-order chi connectivity index (χ1) is 14.6. The van der Waals surface area contributed by atoms with Gasteiger partial charge in [-0.25, -0.2) is 14.5 Å². The van der Waals surface area contributed by atoms with Crippen molar-refractivity contribution in [2.75, 3.05) is 26.2 Å². The molecule has 0 atom stereocenters. The third kappa shape index (κ3) is 3.54. The van der Waals surface area contributed by atoms with Gasteiger partial charge in [-0.1, -0.05) is 12.1 Å². The zero-order valence-electron chi connectivity index (χ0n) is 17.1. The van der Waals surface area contributed by atoms with Crippen molar-refractivity contribution in [1.82, 2.24) is 34.4 Å². The van der Waals surface area contributed by atoms with Gasteiger partial charge in [0.15, 0.2) is 0 Å². The summed E-state index contributed by atoms with van der Waals surface area (Å²) in [5, 5.41) is 5.35. The molecule has 4 heterocycles. The largest absolute Gasteiger partial charge is 0.340 e. The Hall–Kier alpha value is -2.91. The maximum atomic E-state index is 13.0. The monoisotopic (exact) mass is 421 g/mol. The van der Waals surface area contributed by atoms with Gasteiger partial charge in [0.2, 0.25) is 5.91 Å². The van der Waals surface area contributed by atoms with Crippen molar-refractivity contribution in [2.24, 2.45) is 0 Å². The highest BCUT2D eigenvalue weighted by atomic mass is 32.1. The Bertz CT molecular complexity index is 1190. The second kappa shape index (κ2) is 7.73. The zero-order valence-corrected chi connectivity index (χ0v) is 17.9. The van der Waals surface area contributed by atoms with Gasteiger partial charge in [0.05, 0.1) is 23.2 Å². The van der Waals surface area contributed by atoms with Crippen molar-refractivity contribution in [3.63, 3.8) is 0 Å². The first-order valence-electron chi connectivity index (χ1n) is 10.1. The Morgan fingerprint density at radius 1 is 1.10 bits per heavy atom. The highest BCUT2D eigenvalue weighted by Gasteiger charge is 2.24. The lowest BCUT2D eigenvalue weighted by Crippen LogP contribution is -2.48. The molecule has 0 unspecified atom stereocenters. The van der Waals surface area contributed by atoms with Crippen LogP contribution in [0, 0.1) is 13.8 Å². The molecule has 9 heteroatoms. The van der Waals surface area contributed by atoms with E-state index in [9.17, 15) is 4.79 Å². The number of rotatable bonds is 4. The van der Waals surface area contributed by atoms with Crippen LogP contribution in [0.4, 0.5) is 0 Å². The smallest absolute Gasteiger partial charge is 0.252 e. The second-order valence-corrected chi connectivity index (χ2v) is 8.76. The van der Waals surface area contributed by atoms with Gasteiger partial charge >= 0.3 is 0 Å². The summed E-state index contributed by atoms with van der Waals surface area (Å²) in [4.78, 5) is 30.6. The second-order valence-electron chi connectivity index (χ2n) is 7.64. The number of hydrogen-bond acceptors (Lipinski definition) is 7. The van der Waals surface area contributed by atoms with Gasteiger partial charge in [-0.3, -0.25) is 9.69 Å². The van der Waals surface area contributed by atoms with Crippen LogP contribution in [0.5, 0.6) is 0 Å². The van der Waals surface area contributed by atoms with Crippen molar-refractivity contribution in [3.05, 3.63) is 52.6 Å². The van der Waals surface area contributed by atoms with Gasteiger partial charge in [0.1, 0.15) is 11.3 Å². The molecule has 3 aromatic heterocycles. The molecule has 1 fully saturated rings. The minimum Gasteiger partial charge on any atom is -0.340 e. The molecular weight excluding hydrogens is 398 g/mol. The van der Waals surface area contributed by atoms with Gasteiger partial charge in [0.25, 0.3) is 5.78 Å². The molecule has 0 spiro atoms. The molecule has 8 nitrogen and oxygen atoms in total. The summed E-state index contributed by atoms with van der Waals surface area (Å²) in [6.45, 7) is 7.93. The summed E-state index contributed by atoms with van der Waals surface area (Å²) in [6, 6.07) is 8.24. The van der Waals surface area contributed by atoms with Gasteiger partial charge < -0.3 is 4.90 Å². The van der Waals surface area contributed by atoms with Crippen molar-refractivity contribution in [3.8, 4) is 0 Å². The minimum absolute atomic E-state index is 0.141. The van der Waals surface area contributed by atoms with Crippen LogP contribution in [-0.2, 0) is 17.8 Å². The van der Waals surface area contributed by atoms with E-state index in [2.05, 4.69) is 32.1 Å². The minimum atomic E-state index is 0.141. The summed E-state index contributed by atoms with van der Waals surface area (Å²) >= 11 is 1.75. The van der Waals surface area contributed by atoms with Crippen LogP contribution in [0.15, 0.2) is 30.6 Å². The third-order valence-electron chi connectivity index (χ3n) is 5.74. The van der Waals surface area contributed by atoms with Crippen molar-refractivity contribution in [2.45, 2.75) is 26.8 Å². The molecule has 5 rings (SSSR count). The van der Waals surface area contributed by atoms with Crippen LogP contribution >= 0.6 is 11.3 Å². The Labute approximate surface area is 178 Å². The van der Waals surface area contributed by atoms with E-state index in [-0.39, 0.29) is 5.91 Å². The first kappa shape index (κ1) is 19.1. The SMILES string of the molecule is Cc1nc2ncnn2c(C)c1CC(=O)N1CCN(Cc2nc3ccccc3s2)CC1. The highest BCUT2D eigenvalue weighted by molar-refractivity contribution is 7.18. The number of aryl methyl sites for hydroxylation is 2. The van der Waals surface area contributed by atoms with Gasteiger partial charge in [-0.05, 0) is 26.0 Å². The van der Waals surface area contributed by atoms with E-state index in [1.54, 1.807) is 15.9 Å². The molecule has 30 heavy (non-hydrogen) atoms. The average Bonchev–Trinajstić information content (AvgIpc) is 3.37. The number of nitrogens with zero attached hydrogens (tertiary/aromatic N) is 7. The number of carbonyl (C=O) groups is 1. The Morgan fingerprint density at radius 2 is 1.90 bits per heavy atom. The Balaban J connectivity index is 1.22. The number of benzene rings is 1. The topological polar surface area (TPSA) is 79.5 Å². The number of fused-ring (bicyclic) bond motifs is 2. The van der Waals surface area contributed by atoms with Crippen LogP contribution in [0.1, 0.15) is 22.0 Å². The molecule has 0 N–H and O–H groups in total. The number of para-hydroxylation sites is 1. The molecule has 154 valence electrons. The predicted molar refractivity (Wildman–Crippen MR) is 115 cm³/mol. The normalized spacial score (nSPS) is 15.3. The van der Waals surface area contributed by atoms with Crippen molar-refractivity contribution >= 4 is 33.2 Å². The van der Waals surface area contributed by atoms with E-state index in [1.807, 2.05) is 30.9 Å². The van der Waals surface area contributed by atoms with Crippen molar-refractivity contribution in [1.29, 1.82) is 0 Å². The lowest BCUT2D eigenvalue weighted by Gasteiger charge is -2.34. The Morgan fingerprint density at radius 3 is 2.70 bits per heavy atom. The molecule has 0 bridgehead atoms. The summed E-state index contributed by atoms with van der Waals surface area (Å²) in [5.74, 6) is 0.715. The van der Waals surface area contributed by atoms with Crippen LogP contribution in [0.3, 0.4) is 0 Å². The van der Waals surface area contributed by atoms with Crippen LogP contribution in [-0.4, -0.2) is 66.5 Å². The fraction of sp³-hybridized carbons (Fsp3) is 0.381. The fourth-order valence-corrected chi connectivity index (χ4v) is 5.02. The summed E-state index contributed by atoms with van der Waals surface area (Å²) in [7, 11) is 0.